The minimum Gasteiger partial charge on any atom is -1.00 e. The van der Waals surface area contributed by atoms with Crippen LogP contribution in [0.2, 0.25) is 0 Å². The van der Waals surface area contributed by atoms with E-state index in [0.717, 1.165) is 30.5 Å². The number of likely N-dealkylation sites (N-methyl/N-ethyl adjacent to an activating group) is 2. The van der Waals surface area contributed by atoms with E-state index in [1.807, 2.05) is 11.9 Å². The van der Waals surface area contributed by atoms with Crippen LogP contribution in [0.3, 0.4) is 0 Å². The second-order valence-corrected chi connectivity index (χ2v) is 9.99. The topological polar surface area (TPSA) is 49.4 Å². The van der Waals surface area contributed by atoms with E-state index in [0.29, 0.717) is 11.4 Å². The zero-order chi connectivity index (χ0) is 22.4. The smallest absolute Gasteiger partial charge is 0.253 e. The van der Waals surface area contributed by atoms with Gasteiger partial charge in [0.2, 0.25) is 0 Å². The summed E-state index contributed by atoms with van der Waals surface area (Å²) in [5.74, 6) is 0. The van der Waals surface area contributed by atoms with Gasteiger partial charge in [-0.05, 0) is 6.42 Å². The normalized spacial score (nSPS) is 11.5. The molecule has 0 heterocycles. The van der Waals surface area contributed by atoms with Crippen LogP contribution >= 0.6 is 0 Å². The zero-order valence-corrected chi connectivity index (χ0v) is 23.1. The summed E-state index contributed by atoms with van der Waals surface area (Å²) in [6, 6.07) is 0. The maximum absolute atomic E-state index is 12.0. The first-order valence-electron chi connectivity index (χ1n) is 12.4. The summed E-state index contributed by atoms with van der Waals surface area (Å²) in [4.78, 5) is 25.9. The largest absolute Gasteiger partial charge is 1.00 e. The van der Waals surface area contributed by atoms with Crippen molar-refractivity contribution in [2.24, 2.45) is 0 Å². The van der Waals surface area contributed by atoms with Gasteiger partial charge in [0.15, 0.2) is 0 Å². The van der Waals surface area contributed by atoms with Crippen molar-refractivity contribution in [1.29, 1.82) is 0 Å². The number of nitrogens with one attached hydrogen (secondary N) is 1. The van der Waals surface area contributed by atoms with Gasteiger partial charge < -0.3 is 38.7 Å². The molecule has 1 rings (SSSR count). The summed E-state index contributed by atoms with van der Waals surface area (Å²) < 4.78 is 0.835. The Hall–Kier alpha value is -0.630. The van der Waals surface area contributed by atoms with Crippen LogP contribution in [0.4, 0.5) is 11.4 Å². The Balaban J connectivity index is 0.00000900. The molecule has 6 heteroatoms. The van der Waals surface area contributed by atoms with Gasteiger partial charge in [-0.15, -0.1) is 0 Å². The number of quaternary nitrogens is 1. The van der Waals surface area contributed by atoms with Crippen molar-refractivity contribution in [3.63, 3.8) is 0 Å². The van der Waals surface area contributed by atoms with Crippen LogP contribution in [0.25, 0.3) is 0 Å². The van der Waals surface area contributed by atoms with Crippen LogP contribution in [0.15, 0.2) is 9.59 Å². The van der Waals surface area contributed by atoms with Gasteiger partial charge in [-0.25, -0.2) is 0 Å². The van der Waals surface area contributed by atoms with Crippen molar-refractivity contribution >= 4 is 11.4 Å². The molecule has 0 aliphatic heterocycles. The van der Waals surface area contributed by atoms with E-state index in [9.17, 15) is 9.59 Å². The number of halogens is 1. The molecule has 0 aliphatic carbocycles. The number of unbranched alkanes of at least 4 members (excludes halogenated alkanes) is 12. The number of hydrogen-bond donors (Lipinski definition) is 1. The lowest BCUT2D eigenvalue weighted by Gasteiger charge is -2.29. The molecule has 1 aromatic rings. The van der Waals surface area contributed by atoms with Crippen molar-refractivity contribution in [2.45, 2.75) is 90.4 Å². The van der Waals surface area contributed by atoms with Crippen LogP contribution in [0.1, 0.15) is 90.4 Å². The fourth-order valence-electron chi connectivity index (χ4n) is 3.83. The average molecular weight is 550 g/mol. The SMILES string of the molecule is CCCCCCCCCCCCCCCNc1c(N(C)CC[N+](C)(C)C)c(=O)c1=O.[I-]. The molecule has 0 fully saturated rings. The minimum absolute atomic E-state index is 0. The molecule has 0 aliphatic rings. The van der Waals surface area contributed by atoms with Crippen LogP contribution in [0, 0.1) is 0 Å². The highest BCUT2D eigenvalue weighted by Gasteiger charge is 2.24. The van der Waals surface area contributed by atoms with Crippen LogP contribution < -0.4 is 45.1 Å². The average Bonchev–Trinajstić information content (AvgIpc) is 2.70. The van der Waals surface area contributed by atoms with E-state index in [2.05, 4.69) is 33.4 Å². The van der Waals surface area contributed by atoms with E-state index in [4.69, 9.17) is 0 Å². The quantitative estimate of drug-likeness (QED) is 0.124. The van der Waals surface area contributed by atoms with Gasteiger partial charge in [0.05, 0.1) is 34.2 Å². The number of nitrogens with zero attached hydrogens (tertiary/aromatic N) is 2. The predicted molar refractivity (Wildman–Crippen MR) is 132 cm³/mol. The summed E-state index contributed by atoms with van der Waals surface area (Å²) in [5.41, 5.74) is 0.412. The first-order chi connectivity index (χ1) is 14.3. The second kappa shape index (κ2) is 16.9. The van der Waals surface area contributed by atoms with Gasteiger partial charge in [0.1, 0.15) is 11.4 Å². The fraction of sp³-hybridized carbons (Fsp3) is 0.840. The molecule has 5 nitrogen and oxygen atoms in total. The van der Waals surface area contributed by atoms with E-state index >= 15 is 0 Å². The van der Waals surface area contributed by atoms with Crippen molar-refractivity contribution in [2.75, 3.05) is 58.0 Å². The second-order valence-electron chi connectivity index (χ2n) is 9.99. The molecule has 0 bridgehead atoms. The molecule has 31 heavy (non-hydrogen) atoms. The van der Waals surface area contributed by atoms with Gasteiger partial charge in [-0.1, -0.05) is 84.0 Å². The van der Waals surface area contributed by atoms with Crippen LogP contribution in [-0.4, -0.2) is 52.3 Å². The van der Waals surface area contributed by atoms with Crippen molar-refractivity contribution < 1.29 is 28.5 Å². The monoisotopic (exact) mass is 549 g/mol. The van der Waals surface area contributed by atoms with Gasteiger partial charge in [-0.2, -0.15) is 0 Å². The first-order valence-corrected chi connectivity index (χ1v) is 12.4. The maximum Gasteiger partial charge on any atom is 0.253 e. The summed E-state index contributed by atoms with van der Waals surface area (Å²) in [5, 5.41) is 3.23. The lowest BCUT2D eigenvalue weighted by molar-refractivity contribution is -0.868. The summed E-state index contributed by atoms with van der Waals surface area (Å²) >= 11 is 0. The maximum atomic E-state index is 12.0. The van der Waals surface area contributed by atoms with Crippen LogP contribution in [0.5, 0.6) is 0 Å². The molecule has 0 saturated heterocycles. The Morgan fingerprint density at radius 1 is 0.742 bits per heavy atom. The predicted octanol–water partition coefficient (Wildman–Crippen LogP) is 1.93. The lowest BCUT2D eigenvalue weighted by Crippen LogP contribution is -3.00. The standard InChI is InChI=1S/C25H47N3O2.HI/c1-6-7-8-9-10-11-12-13-14-15-16-17-18-19-26-22-23(25(30)24(22)29)27(2)20-21-28(3,4)5;/h6-21H2,1-5H3;1H. The molecule has 0 aromatic heterocycles. The van der Waals surface area contributed by atoms with Gasteiger partial charge >= 0.3 is 0 Å². The Labute approximate surface area is 208 Å². The molecule has 0 amide bonds. The third-order valence-corrected chi connectivity index (χ3v) is 5.96. The number of anilines is 2. The molecule has 182 valence electrons. The summed E-state index contributed by atoms with van der Waals surface area (Å²) in [7, 11) is 8.29. The third-order valence-electron chi connectivity index (χ3n) is 5.96. The first kappa shape index (κ1) is 30.4. The molecule has 0 saturated carbocycles. The molecule has 0 unspecified atom stereocenters. The molecule has 0 spiro atoms. The zero-order valence-electron chi connectivity index (χ0n) is 20.9. The van der Waals surface area contributed by atoms with Gasteiger partial charge in [0, 0.05) is 13.6 Å². The number of rotatable bonds is 19. The lowest BCUT2D eigenvalue weighted by atomic mass is 10.0. The molecular formula is C25H48IN3O2. The minimum atomic E-state index is -0.350. The highest BCUT2D eigenvalue weighted by atomic mass is 127. The van der Waals surface area contributed by atoms with Crippen molar-refractivity contribution in [3.05, 3.63) is 20.4 Å². The van der Waals surface area contributed by atoms with Crippen molar-refractivity contribution in [1.82, 2.24) is 0 Å². The molecule has 0 atom stereocenters. The Morgan fingerprint density at radius 2 is 1.19 bits per heavy atom. The molecule has 0 radical (unpaired) electrons. The van der Waals surface area contributed by atoms with Crippen molar-refractivity contribution in [3.8, 4) is 0 Å². The Morgan fingerprint density at radius 3 is 1.65 bits per heavy atom. The Kier molecular flexibility index (Phi) is 16.6. The molecule has 1 N–H and O–H groups in total. The third kappa shape index (κ3) is 12.9. The molecule has 1 aromatic carbocycles. The number of hydrogen-bond acceptors (Lipinski definition) is 4. The molecular weight excluding hydrogens is 501 g/mol. The van der Waals surface area contributed by atoms with E-state index in [-0.39, 0.29) is 34.8 Å². The van der Waals surface area contributed by atoms with E-state index in [1.165, 1.54) is 77.0 Å². The van der Waals surface area contributed by atoms with Crippen LogP contribution in [-0.2, 0) is 0 Å². The van der Waals surface area contributed by atoms with E-state index in [1.54, 1.807) is 0 Å². The van der Waals surface area contributed by atoms with Gasteiger partial charge in [-0.3, -0.25) is 9.59 Å². The van der Waals surface area contributed by atoms with Gasteiger partial charge in [0.25, 0.3) is 10.9 Å². The highest BCUT2D eigenvalue weighted by molar-refractivity contribution is 5.74. The van der Waals surface area contributed by atoms with E-state index < -0.39 is 0 Å². The fourth-order valence-corrected chi connectivity index (χ4v) is 3.83. The Bertz CT molecular complexity index is 648. The highest BCUT2D eigenvalue weighted by Crippen LogP contribution is 2.19. The summed E-state index contributed by atoms with van der Waals surface area (Å²) in [6.45, 7) is 4.74. The summed E-state index contributed by atoms with van der Waals surface area (Å²) in [6.07, 6.45) is 17.3.